The minimum absolute atomic E-state index is 0.345. The predicted molar refractivity (Wildman–Crippen MR) is 107 cm³/mol. The van der Waals surface area contributed by atoms with Crippen molar-refractivity contribution in [2.45, 2.75) is 38.9 Å². The van der Waals surface area contributed by atoms with Crippen molar-refractivity contribution >= 4 is 45.8 Å². The first-order valence-electron chi connectivity index (χ1n) is 8.82. The van der Waals surface area contributed by atoms with Crippen molar-refractivity contribution in [1.82, 2.24) is 4.98 Å². The van der Waals surface area contributed by atoms with Gasteiger partial charge >= 0.3 is 7.48 Å². The molecule has 0 atom stereocenters. The molecule has 0 aliphatic rings. The molecular weight excluding hydrogens is 325 g/mol. The zero-order valence-corrected chi connectivity index (χ0v) is 15.5. The second kappa shape index (κ2) is 5.83. The molecule has 1 N–H and O–H groups in total. The second-order valence-electron chi connectivity index (χ2n) is 7.78. The summed E-state index contributed by atoms with van der Waals surface area (Å²) in [6, 6.07) is 14.3. The average molecular weight is 347 g/mol. The first-order chi connectivity index (χ1) is 12.3. The van der Waals surface area contributed by atoms with Gasteiger partial charge in [0.05, 0.1) is 11.2 Å². The average Bonchev–Trinajstić information content (AvgIpc) is 2.98. The molecule has 5 heteroatoms. The summed E-state index contributed by atoms with van der Waals surface area (Å²) in [5.74, 6) is 0. The van der Waals surface area contributed by atoms with Gasteiger partial charge in [0, 0.05) is 17.0 Å². The molecule has 0 aliphatic carbocycles. The van der Waals surface area contributed by atoms with Crippen molar-refractivity contribution in [3.8, 4) is 0 Å². The summed E-state index contributed by atoms with van der Waals surface area (Å²) in [6.45, 7) is 7.30. The van der Waals surface area contributed by atoms with Crippen LogP contribution in [0.15, 0.2) is 53.1 Å². The van der Waals surface area contributed by atoms with Gasteiger partial charge < -0.3 is 14.2 Å². The summed E-state index contributed by atoms with van der Waals surface area (Å²) in [6.07, 6.45) is 1.74. The highest BCUT2D eigenvalue weighted by atomic mass is 16.5. The van der Waals surface area contributed by atoms with Crippen molar-refractivity contribution in [1.29, 1.82) is 0 Å². The number of nitrogens with zero attached hydrogens (tertiary/aromatic N) is 1. The quantitative estimate of drug-likeness (QED) is 0.572. The van der Waals surface area contributed by atoms with Crippen LogP contribution in [0.1, 0.15) is 27.7 Å². The summed E-state index contributed by atoms with van der Waals surface area (Å²) in [7, 11) is 0.345. The van der Waals surface area contributed by atoms with Crippen LogP contribution < -0.4 is 5.46 Å². The molecule has 0 fully saturated rings. The third-order valence-electron chi connectivity index (χ3n) is 5.38. The lowest BCUT2D eigenvalue weighted by Gasteiger charge is -2.37. The first kappa shape index (κ1) is 17.1. The van der Waals surface area contributed by atoms with Gasteiger partial charge in [-0.15, -0.1) is 0 Å². The predicted octanol–water partition coefficient (Wildman–Crippen LogP) is 3.68. The molecule has 0 bridgehead atoms. The van der Waals surface area contributed by atoms with Gasteiger partial charge in [-0.2, -0.15) is 0 Å². The highest BCUT2D eigenvalue weighted by Crippen LogP contribution is 2.33. The second-order valence-corrected chi connectivity index (χ2v) is 7.78. The van der Waals surface area contributed by atoms with E-state index >= 15 is 0 Å². The fourth-order valence-corrected chi connectivity index (χ4v) is 3.07. The summed E-state index contributed by atoms with van der Waals surface area (Å²) < 4.78 is 12.2. The Morgan fingerprint density at radius 2 is 1.77 bits per heavy atom. The molecule has 26 heavy (non-hydrogen) atoms. The van der Waals surface area contributed by atoms with E-state index in [2.05, 4.69) is 23.2 Å². The fraction of sp³-hybridized carbons (Fsp3) is 0.286. The van der Waals surface area contributed by atoms with Crippen LogP contribution in [0, 0.1) is 0 Å². The topological polar surface area (TPSA) is 55.5 Å². The van der Waals surface area contributed by atoms with E-state index in [9.17, 15) is 5.11 Å². The molecular formula is C21H22BNO3. The van der Waals surface area contributed by atoms with Crippen molar-refractivity contribution < 1.29 is 14.2 Å². The highest BCUT2D eigenvalue weighted by Gasteiger charge is 2.36. The number of pyridine rings is 1. The van der Waals surface area contributed by atoms with Gasteiger partial charge in [0.25, 0.3) is 0 Å². The van der Waals surface area contributed by atoms with Crippen LogP contribution in [0.3, 0.4) is 0 Å². The number of aromatic nitrogens is 1. The van der Waals surface area contributed by atoms with Crippen molar-refractivity contribution in [2.75, 3.05) is 0 Å². The molecule has 132 valence electrons. The van der Waals surface area contributed by atoms with Crippen LogP contribution in [0.2, 0.25) is 0 Å². The number of aliphatic hydroxyl groups is 1. The molecule has 0 radical (unpaired) electrons. The Hall–Kier alpha value is -2.37. The summed E-state index contributed by atoms with van der Waals surface area (Å²) in [5.41, 5.74) is 0.716. The van der Waals surface area contributed by atoms with Crippen LogP contribution in [-0.2, 0) is 4.65 Å². The summed E-state index contributed by atoms with van der Waals surface area (Å²) in [5, 5.41) is 14.7. The maximum absolute atomic E-state index is 10.4. The van der Waals surface area contributed by atoms with E-state index in [0.717, 1.165) is 32.6 Å². The Bertz CT molecular complexity index is 1110. The Morgan fingerprint density at radius 1 is 1.04 bits per heavy atom. The standard InChI is InChI=1S/C21H22BNO3/c1-20(2,24)21(3,4)26-22-16-12-13-8-5-6-9-14(13)17-15-10-7-11-23-19(15)25-18(16)17/h5-12,22,24H,1-4H3. The monoisotopic (exact) mass is 347 g/mol. The minimum atomic E-state index is -0.960. The Morgan fingerprint density at radius 3 is 2.54 bits per heavy atom. The van der Waals surface area contributed by atoms with Gasteiger partial charge in [-0.1, -0.05) is 30.3 Å². The van der Waals surface area contributed by atoms with Gasteiger partial charge in [0.1, 0.15) is 5.58 Å². The van der Waals surface area contributed by atoms with Crippen LogP contribution in [0.4, 0.5) is 0 Å². The van der Waals surface area contributed by atoms with E-state index < -0.39 is 11.2 Å². The van der Waals surface area contributed by atoms with Crippen LogP contribution in [0.25, 0.3) is 32.8 Å². The molecule has 2 aromatic carbocycles. The number of hydrogen-bond acceptors (Lipinski definition) is 4. The number of furan rings is 1. The van der Waals surface area contributed by atoms with Crippen LogP contribution in [0.5, 0.6) is 0 Å². The van der Waals surface area contributed by atoms with E-state index in [1.807, 2.05) is 38.1 Å². The van der Waals surface area contributed by atoms with E-state index in [-0.39, 0.29) is 0 Å². The molecule has 2 aromatic heterocycles. The van der Waals surface area contributed by atoms with Crippen molar-refractivity contribution in [3.63, 3.8) is 0 Å². The lowest BCUT2D eigenvalue weighted by Crippen LogP contribution is -2.49. The minimum Gasteiger partial charge on any atom is -0.438 e. The van der Waals surface area contributed by atoms with Gasteiger partial charge in [-0.25, -0.2) is 4.98 Å². The number of rotatable bonds is 4. The molecule has 4 aromatic rings. The zero-order valence-electron chi connectivity index (χ0n) is 15.5. The SMILES string of the molecule is CC(C)(O)C(C)(C)OBc1cc2ccccc2c2c1oc1ncccc12. The maximum Gasteiger partial charge on any atom is 0.313 e. The molecule has 0 amide bonds. The van der Waals surface area contributed by atoms with Gasteiger partial charge in [-0.05, 0) is 56.1 Å². The van der Waals surface area contributed by atoms with Gasteiger partial charge in [0.15, 0.2) is 0 Å². The van der Waals surface area contributed by atoms with Gasteiger partial charge in [-0.3, -0.25) is 0 Å². The van der Waals surface area contributed by atoms with Crippen LogP contribution >= 0.6 is 0 Å². The molecule has 0 aliphatic heterocycles. The number of fused-ring (bicyclic) bond motifs is 5. The molecule has 2 heterocycles. The highest BCUT2D eigenvalue weighted by molar-refractivity contribution is 6.52. The third-order valence-corrected chi connectivity index (χ3v) is 5.38. The molecule has 4 rings (SSSR count). The zero-order chi connectivity index (χ0) is 18.5. The van der Waals surface area contributed by atoms with Crippen molar-refractivity contribution in [3.05, 3.63) is 48.7 Å². The Kier molecular flexibility index (Phi) is 3.83. The summed E-state index contributed by atoms with van der Waals surface area (Å²) >= 11 is 0. The van der Waals surface area contributed by atoms with E-state index in [4.69, 9.17) is 9.07 Å². The maximum atomic E-state index is 10.4. The normalized spacial score (nSPS) is 13.0. The van der Waals surface area contributed by atoms with E-state index in [1.165, 1.54) is 0 Å². The summed E-state index contributed by atoms with van der Waals surface area (Å²) in [4.78, 5) is 4.37. The molecule has 0 spiro atoms. The molecule has 4 nitrogen and oxygen atoms in total. The van der Waals surface area contributed by atoms with Gasteiger partial charge in [0.2, 0.25) is 5.71 Å². The molecule has 0 saturated carbocycles. The van der Waals surface area contributed by atoms with E-state index in [0.29, 0.717) is 13.2 Å². The smallest absolute Gasteiger partial charge is 0.313 e. The fourth-order valence-electron chi connectivity index (χ4n) is 3.07. The lowest BCUT2D eigenvalue weighted by atomic mass is 9.81. The molecule has 0 unspecified atom stereocenters. The van der Waals surface area contributed by atoms with E-state index in [1.54, 1.807) is 20.0 Å². The lowest BCUT2D eigenvalue weighted by molar-refractivity contribution is -0.0893. The van der Waals surface area contributed by atoms with Crippen molar-refractivity contribution in [2.24, 2.45) is 0 Å². The largest absolute Gasteiger partial charge is 0.438 e. The number of benzene rings is 2. The Balaban J connectivity index is 1.91. The number of hydrogen-bond donors (Lipinski definition) is 1. The van der Waals surface area contributed by atoms with Crippen LogP contribution in [-0.4, -0.2) is 28.8 Å². The third kappa shape index (κ3) is 2.68. The molecule has 0 saturated heterocycles. The first-order valence-corrected chi connectivity index (χ1v) is 8.82. The Labute approximate surface area is 153 Å².